The summed E-state index contributed by atoms with van der Waals surface area (Å²) in [5, 5.41) is 22.6. The van der Waals surface area contributed by atoms with Crippen LogP contribution in [0.2, 0.25) is 0 Å². The molecule has 1 aliphatic rings. The SMILES string of the molecule is CC(C)(O)CNC(=O)Cc1nc2cnc3c(ccn3S(=O)(=O)c3ccccc3)c2n1C1CCC(CC#N)CC1. The molecule has 11 heteroatoms. The average Bonchev–Trinajstić information content (AvgIpc) is 3.50. The fraction of sp³-hybridized carbons (Fsp3) is 0.429. The minimum atomic E-state index is -3.87. The Morgan fingerprint density at radius 2 is 1.90 bits per heavy atom. The highest BCUT2D eigenvalue weighted by Crippen LogP contribution is 2.38. The van der Waals surface area contributed by atoms with Gasteiger partial charge in [0.05, 0.1) is 34.7 Å². The van der Waals surface area contributed by atoms with Gasteiger partial charge in [0.1, 0.15) is 11.3 Å². The fourth-order valence-electron chi connectivity index (χ4n) is 5.37. The van der Waals surface area contributed by atoms with Gasteiger partial charge in [-0.3, -0.25) is 4.79 Å². The Morgan fingerprint density at radius 1 is 1.18 bits per heavy atom. The molecule has 3 heterocycles. The quantitative estimate of drug-likeness (QED) is 0.342. The van der Waals surface area contributed by atoms with Gasteiger partial charge in [-0.05, 0) is 63.6 Å². The largest absolute Gasteiger partial charge is 0.389 e. The lowest BCUT2D eigenvalue weighted by Crippen LogP contribution is -2.39. The van der Waals surface area contributed by atoms with Crippen molar-refractivity contribution in [3.05, 3.63) is 54.6 Å². The lowest BCUT2D eigenvalue weighted by atomic mass is 9.84. The Hall–Kier alpha value is -3.75. The Bertz CT molecular complexity index is 1650. The molecule has 0 radical (unpaired) electrons. The monoisotopic (exact) mass is 548 g/mol. The topological polar surface area (TPSA) is 143 Å². The number of benzene rings is 1. The molecule has 1 aromatic carbocycles. The number of aromatic nitrogens is 4. The summed E-state index contributed by atoms with van der Waals surface area (Å²) in [6.07, 6.45) is 7.03. The van der Waals surface area contributed by atoms with Crippen LogP contribution in [0.5, 0.6) is 0 Å². The standard InChI is InChI=1S/C28H32N6O4S/c1-28(2,36)18-31-25(35)16-24-32-23-17-30-27-22(13-15-33(27)39(37,38)21-6-4-3-5-7-21)26(23)34(24)20-10-8-19(9-11-20)12-14-29/h3-7,13,15,17,19-20,36H,8-12,16,18H2,1-2H3,(H,31,35). The lowest BCUT2D eigenvalue weighted by molar-refractivity contribution is -0.121. The summed E-state index contributed by atoms with van der Waals surface area (Å²) in [5.41, 5.74) is 0.583. The van der Waals surface area contributed by atoms with Crippen molar-refractivity contribution in [3.8, 4) is 6.07 Å². The van der Waals surface area contributed by atoms with Gasteiger partial charge in [-0.1, -0.05) is 18.2 Å². The predicted octanol–water partition coefficient (Wildman–Crippen LogP) is 3.70. The zero-order chi connectivity index (χ0) is 27.8. The Kier molecular flexibility index (Phi) is 7.18. The van der Waals surface area contributed by atoms with Gasteiger partial charge in [0.25, 0.3) is 10.0 Å². The molecule has 4 aromatic rings. The van der Waals surface area contributed by atoms with Crippen LogP contribution in [-0.2, 0) is 21.2 Å². The number of nitrogens with one attached hydrogen (secondary N) is 1. The third-order valence-electron chi connectivity index (χ3n) is 7.30. The fourth-order valence-corrected chi connectivity index (χ4v) is 6.69. The van der Waals surface area contributed by atoms with Gasteiger partial charge in [0.15, 0.2) is 5.65 Å². The van der Waals surface area contributed by atoms with Gasteiger partial charge in [0, 0.05) is 30.6 Å². The smallest absolute Gasteiger partial charge is 0.269 e. The number of rotatable bonds is 8. The number of nitrogens with zero attached hydrogens (tertiary/aromatic N) is 5. The summed E-state index contributed by atoms with van der Waals surface area (Å²) in [4.78, 5) is 22.3. The van der Waals surface area contributed by atoms with Crippen LogP contribution >= 0.6 is 0 Å². The molecule has 0 unspecified atom stereocenters. The maximum Gasteiger partial charge on any atom is 0.269 e. The maximum absolute atomic E-state index is 13.4. The minimum Gasteiger partial charge on any atom is -0.389 e. The molecule has 1 saturated carbocycles. The molecule has 204 valence electrons. The van der Waals surface area contributed by atoms with Gasteiger partial charge in [0.2, 0.25) is 5.91 Å². The van der Waals surface area contributed by atoms with E-state index >= 15 is 0 Å². The van der Waals surface area contributed by atoms with E-state index in [4.69, 9.17) is 10.2 Å². The molecule has 3 aromatic heterocycles. The van der Waals surface area contributed by atoms with Crippen molar-refractivity contribution in [2.45, 2.75) is 68.9 Å². The third kappa shape index (κ3) is 5.40. The number of carbonyl (C=O) groups is 1. The second-order valence-corrected chi connectivity index (χ2v) is 12.7. The van der Waals surface area contributed by atoms with Crippen LogP contribution in [0, 0.1) is 17.2 Å². The van der Waals surface area contributed by atoms with E-state index in [1.165, 1.54) is 10.2 Å². The van der Waals surface area contributed by atoms with E-state index in [1.54, 1.807) is 56.4 Å². The molecule has 0 spiro atoms. The van der Waals surface area contributed by atoms with E-state index in [-0.39, 0.29) is 29.8 Å². The molecule has 0 saturated heterocycles. The number of aliphatic hydroxyl groups is 1. The number of fused-ring (bicyclic) bond motifs is 3. The Morgan fingerprint density at radius 3 is 2.56 bits per heavy atom. The molecule has 0 atom stereocenters. The number of hydrogen-bond acceptors (Lipinski definition) is 7. The summed E-state index contributed by atoms with van der Waals surface area (Å²) in [6.45, 7) is 3.36. The van der Waals surface area contributed by atoms with Crippen LogP contribution in [0.3, 0.4) is 0 Å². The molecule has 0 aliphatic heterocycles. The summed E-state index contributed by atoms with van der Waals surface area (Å²) < 4.78 is 30.1. The highest BCUT2D eigenvalue weighted by Gasteiger charge is 2.29. The van der Waals surface area contributed by atoms with Gasteiger partial charge < -0.3 is 15.0 Å². The van der Waals surface area contributed by atoms with Crippen molar-refractivity contribution in [1.29, 1.82) is 5.26 Å². The summed E-state index contributed by atoms with van der Waals surface area (Å²) in [6, 6.07) is 12.3. The van der Waals surface area contributed by atoms with Crippen LogP contribution in [0.15, 0.2) is 53.7 Å². The van der Waals surface area contributed by atoms with Crippen molar-refractivity contribution in [2.24, 2.45) is 5.92 Å². The molecule has 1 aliphatic carbocycles. The second kappa shape index (κ2) is 10.4. The van der Waals surface area contributed by atoms with E-state index < -0.39 is 15.6 Å². The molecule has 0 bridgehead atoms. The summed E-state index contributed by atoms with van der Waals surface area (Å²) >= 11 is 0. The maximum atomic E-state index is 13.4. The van der Waals surface area contributed by atoms with Gasteiger partial charge in [-0.2, -0.15) is 5.26 Å². The number of pyridine rings is 1. The Balaban J connectivity index is 1.60. The lowest BCUT2D eigenvalue weighted by Gasteiger charge is -2.30. The van der Waals surface area contributed by atoms with E-state index in [0.29, 0.717) is 34.7 Å². The van der Waals surface area contributed by atoms with Gasteiger partial charge in [-0.25, -0.2) is 22.4 Å². The van der Waals surface area contributed by atoms with Crippen LogP contribution in [0.25, 0.3) is 22.1 Å². The number of imidazole rings is 1. The average molecular weight is 549 g/mol. The molecule has 39 heavy (non-hydrogen) atoms. The Labute approximate surface area is 227 Å². The third-order valence-corrected chi connectivity index (χ3v) is 8.98. The highest BCUT2D eigenvalue weighted by atomic mass is 32.2. The van der Waals surface area contributed by atoms with E-state index in [1.807, 2.05) is 0 Å². The van der Waals surface area contributed by atoms with E-state index in [2.05, 4.69) is 20.9 Å². The van der Waals surface area contributed by atoms with E-state index in [0.717, 1.165) is 31.2 Å². The molecule has 10 nitrogen and oxygen atoms in total. The minimum absolute atomic E-state index is 0.00734. The molecular weight excluding hydrogens is 516 g/mol. The van der Waals surface area contributed by atoms with Crippen LogP contribution < -0.4 is 5.32 Å². The van der Waals surface area contributed by atoms with E-state index in [9.17, 15) is 18.3 Å². The van der Waals surface area contributed by atoms with Gasteiger partial charge in [-0.15, -0.1) is 0 Å². The van der Waals surface area contributed by atoms with Crippen molar-refractivity contribution in [3.63, 3.8) is 0 Å². The molecular formula is C28H32N6O4S. The number of carbonyl (C=O) groups excluding carboxylic acids is 1. The first-order chi connectivity index (χ1) is 18.6. The first-order valence-electron chi connectivity index (χ1n) is 13.1. The van der Waals surface area contributed by atoms with Crippen LogP contribution in [0.1, 0.15) is 57.8 Å². The van der Waals surface area contributed by atoms with Crippen LogP contribution in [-0.4, -0.2) is 50.1 Å². The van der Waals surface area contributed by atoms with Crippen molar-refractivity contribution in [1.82, 2.24) is 23.8 Å². The molecule has 2 N–H and O–H groups in total. The summed E-state index contributed by atoms with van der Waals surface area (Å²) in [7, 11) is -3.87. The second-order valence-electron chi connectivity index (χ2n) is 10.9. The molecule has 1 fully saturated rings. The normalized spacial score (nSPS) is 18.3. The molecule has 5 rings (SSSR count). The van der Waals surface area contributed by atoms with Crippen LogP contribution in [0.4, 0.5) is 0 Å². The summed E-state index contributed by atoms with van der Waals surface area (Å²) in [5.74, 6) is 0.647. The first-order valence-corrected chi connectivity index (χ1v) is 14.6. The number of nitriles is 1. The van der Waals surface area contributed by atoms with Crippen molar-refractivity contribution in [2.75, 3.05) is 6.54 Å². The molecule has 1 amide bonds. The number of hydrogen-bond donors (Lipinski definition) is 2. The number of amides is 1. The van der Waals surface area contributed by atoms with Gasteiger partial charge >= 0.3 is 0 Å². The van der Waals surface area contributed by atoms with Crippen molar-refractivity contribution >= 4 is 38.0 Å². The predicted molar refractivity (Wildman–Crippen MR) is 146 cm³/mol. The van der Waals surface area contributed by atoms with Crippen molar-refractivity contribution < 1.29 is 18.3 Å². The zero-order valence-corrected chi connectivity index (χ0v) is 22.9. The highest BCUT2D eigenvalue weighted by molar-refractivity contribution is 7.90. The zero-order valence-electron chi connectivity index (χ0n) is 22.0. The first kappa shape index (κ1) is 26.8.